The molecule has 3 aromatic carbocycles. The van der Waals surface area contributed by atoms with Gasteiger partial charge >= 0.3 is 0 Å². The van der Waals surface area contributed by atoms with Gasteiger partial charge in [-0.1, -0.05) is 60.1 Å². The highest BCUT2D eigenvalue weighted by Crippen LogP contribution is 2.35. The number of carbonyl (C=O) groups excluding carboxylic acids is 2. The molecule has 2 amide bonds. The van der Waals surface area contributed by atoms with Crippen molar-refractivity contribution >= 4 is 39.1 Å². The predicted octanol–water partition coefficient (Wildman–Crippen LogP) is 4.92. The number of halogens is 1. The van der Waals surface area contributed by atoms with Gasteiger partial charge in [0.1, 0.15) is 18.3 Å². The van der Waals surface area contributed by atoms with E-state index in [1.807, 2.05) is 51.1 Å². The van der Waals surface area contributed by atoms with Gasteiger partial charge in [0.25, 0.3) is 10.0 Å². The third-order valence-electron chi connectivity index (χ3n) is 6.17. The quantitative estimate of drug-likeness (QED) is 0.345. The first kappa shape index (κ1) is 31.0. The number of rotatable bonds is 11. The first-order valence-electron chi connectivity index (χ1n) is 12.9. The number of methoxy groups -OCH3 is 1. The lowest BCUT2D eigenvalue weighted by molar-refractivity contribution is -0.139. The van der Waals surface area contributed by atoms with Gasteiger partial charge in [0.05, 0.1) is 17.7 Å². The summed E-state index contributed by atoms with van der Waals surface area (Å²) in [5.74, 6) is -0.660. The van der Waals surface area contributed by atoms with Crippen LogP contribution < -0.4 is 14.4 Å². The average molecular weight is 586 g/mol. The van der Waals surface area contributed by atoms with Gasteiger partial charge in [-0.05, 0) is 70.0 Å². The molecular weight excluding hydrogens is 550 g/mol. The van der Waals surface area contributed by atoms with Crippen molar-refractivity contribution in [2.75, 3.05) is 24.5 Å². The van der Waals surface area contributed by atoms with Crippen molar-refractivity contribution in [2.45, 2.75) is 50.6 Å². The molecule has 0 unspecified atom stereocenters. The van der Waals surface area contributed by atoms with Gasteiger partial charge in [0, 0.05) is 17.1 Å². The summed E-state index contributed by atoms with van der Waals surface area (Å²) in [6.45, 7) is 6.83. The molecule has 0 aromatic heterocycles. The molecule has 0 aliphatic heterocycles. The van der Waals surface area contributed by atoms with Gasteiger partial charge in [-0.3, -0.25) is 13.9 Å². The van der Waals surface area contributed by atoms with Crippen LogP contribution in [0.2, 0.25) is 5.02 Å². The summed E-state index contributed by atoms with van der Waals surface area (Å²) in [6, 6.07) is 21.1. The van der Waals surface area contributed by atoms with E-state index >= 15 is 0 Å². The Bertz CT molecular complexity index is 1410. The molecule has 1 atom stereocenters. The zero-order valence-corrected chi connectivity index (χ0v) is 25.0. The highest BCUT2D eigenvalue weighted by molar-refractivity contribution is 7.92. The lowest BCUT2D eigenvalue weighted by Gasteiger charge is -2.33. The van der Waals surface area contributed by atoms with Crippen LogP contribution in [0.15, 0.2) is 83.8 Å². The van der Waals surface area contributed by atoms with E-state index in [2.05, 4.69) is 5.32 Å². The highest BCUT2D eigenvalue weighted by Gasteiger charge is 2.34. The largest absolute Gasteiger partial charge is 0.495 e. The third-order valence-corrected chi connectivity index (χ3v) is 8.18. The summed E-state index contributed by atoms with van der Waals surface area (Å²) in [5, 5.41) is 3.19. The van der Waals surface area contributed by atoms with Crippen molar-refractivity contribution in [1.82, 2.24) is 10.2 Å². The van der Waals surface area contributed by atoms with E-state index in [9.17, 15) is 18.0 Å². The van der Waals surface area contributed by atoms with E-state index in [1.165, 1.54) is 30.2 Å². The summed E-state index contributed by atoms with van der Waals surface area (Å²) >= 11 is 6.26. The van der Waals surface area contributed by atoms with Gasteiger partial charge in [0.15, 0.2) is 0 Å². The molecule has 3 rings (SSSR count). The molecule has 0 aliphatic rings. The number of hydrogen-bond acceptors (Lipinski definition) is 5. The zero-order chi connectivity index (χ0) is 29.5. The molecule has 10 heteroatoms. The molecule has 0 saturated heterocycles. The minimum Gasteiger partial charge on any atom is -0.495 e. The predicted molar refractivity (Wildman–Crippen MR) is 158 cm³/mol. The maximum Gasteiger partial charge on any atom is 0.264 e. The van der Waals surface area contributed by atoms with Gasteiger partial charge < -0.3 is 15.0 Å². The Morgan fingerprint density at radius 2 is 1.57 bits per heavy atom. The summed E-state index contributed by atoms with van der Waals surface area (Å²) in [7, 11) is -2.82. The summed E-state index contributed by atoms with van der Waals surface area (Å²) in [5.41, 5.74) is 0.576. The smallest absolute Gasteiger partial charge is 0.264 e. The van der Waals surface area contributed by atoms with Crippen LogP contribution in [-0.4, -0.2) is 56.9 Å². The van der Waals surface area contributed by atoms with Gasteiger partial charge in [0.2, 0.25) is 11.8 Å². The van der Waals surface area contributed by atoms with Crippen LogP contribution >= 0.6 is 11.6 Å². The second-order valence-corrected chi connectivity index (χ2v) is 12.7. The maximum absolute atomic E-state index is 14.0. The fraction of sp³-hybridized carbons (Fsp3) is 0.333. The van der Waals surface area contributed by atoms with E-state index < -0.39 is 34.1 Å². The van der Waals surface area contributed by atoms with Gasteiger partial charge in [-0.25, -0.2) is 8.42 Å². The molecule has 0 aliphatic carbocycles. The Kier molecular flexibility index (Phi) is 10.2. The van der Waals surface area contributed by atoms with Crippen LogP contribution in [0.3, 0.4) is 0 Å². The molecule has 214 valence electrons. The zero-order valence-electron chi connectivity index (χ0n) is 23.4. The number of sulfonamides is 1. The summed E-state index contributed by atoms with van der Waals surface area (Å²) < 4.78 is 34.3. The first-order valence-corrected chi connectivity index (χ1v) is 14.7. The number of nitrogens with zero attached hydrogens (tertiary/aromatic N) is 2. The molecule has 8 nitrogen and oxygen atoms in total. The van der Waals surface area contributed by atoms with Gasteiger partial charge in [-0.2, -0.15) is 0 Å². The lowest BCUT2D eigenvalue weighted by Crippen LogP contribution is -2.55. The van der Waals surface area contributed by atoms with E-state index in [4.69, 9.17) is 16.3 Å². The Labute approximate surface area is 241 Å². The van der Waals surface area contributed by atoms with Crippen molar-refractivity contribution in [3.63, 3.8) is 0 Å². The molecule has 0 fully saturated rings. The number of benzene rings is 3. The molecule has 0 saturated carbocycles. The molecule has 0 radical (unpaired) electrons. The fourth-order valence-corrected chi connectivity index (χ4v) is 5.74. The molecule has 40 heavy (non-hydrogen) atoms. The van der Waals surface area contributed by atoms with Crippen LogP contribution in [0, 0.1) is 0 Å². The second-order valence-electron chi connectivity index (χ2n) is 10.4. The standard InChI is InChI=1S/C30H36ClN3O5S/c1-22(29(36)32-30(2,3)4)33(19-18-23-12-8-6-9-13-23)28(35)21-34(26-20-24(31)16-17-27(26)39-5)40(37,38)25-14-10-7-11-15-25/h6-17,20,22H,18-19,21H2,1-5H3,(H,32,36)/t22-/m0/s1. The van der Waals surface area contributed by atoms with Crippen molar-refractivity contribution in [3.05, 3.63) is 89.4 Å². The number of nitrogens with one attached hydrogen (secondary N) is 1. The van der Waals surface area contributed by atoms with Crippen molar-refractivity contribution < 1.29 is 22.7 Å². The summed E-state index contributed by atoms with van der Waals surface area (Å²) in [4.78, 5) is 28.6. The van der Waals surface area contributed by atoms with E-state index in [0.29, 0.717) is 6.42 Å². The van der Waals surface area contributed by atoms with Crippen LogP contribution in [0.4, 0.5) is 5.69 Å². The monoisotopic (exact) mass is 585 g/mol. The molecule has 0 spiro atoms. The molecular formula is C30H36ClN3O5S. The fourth-order valence-electron chi connectivity index (χ4n) is 4.14. The SMILES string of the molecule is COc1ccc(Cl)cc1N(CC(=O)N(CCc1ccccc1)[C@@H](C)C(=O)NC(C)(C)C)S(=O)(=O)c1ccccc1. The van der Waals surface area contributed by atoms with Crippen molar-refractivity contribution in [2.24, 2.45) is 0 Å². The number of carbonyl (C=O) groups is 2. The number of hydrogen-bond donors (Lipinski definition) is 1. The van der Waals surface area contributed by atoms with Crippen LogP contribution in [0.1, 0.15) is 33.3 Å². The topological polar surface area (TPSA) is 96.0 Å². The van der Waals surface area contributed by atoms with E-state index in [1.54, 1.807) is 37.3 Å². The van der Waals surface area contributed by atoms with Crippen LogP contribution in [0.5, 0.6) is 5.75 Å². The van der Waals surface area contributed by atoms with Crippen molar-refractivity contribution in [1.29, 1.82) is 0 Å². The molecule has 3 aromatic rings. The second kappa shape index (κ2) is 13.2. The molecule has 1 N–H and O–H groups in total. The third kappa shape index (κ3) is 7.99. The van der Waals surface area contributed by atoms with E-state index in [0.717, 1.165) is 9.87 Å². The summed E-state index contributed by atoms with van der Waals surface area (Å²) in [6.07, 6.45) is 0.478. The number of ether oxygens (including phenoxy) is 1. The van der Waals surface area contributed by atoms with Crippen LogP contribution in [0.25, 0.3) is 0 Å². The minimum atomic E-state index is -4.23. The van der Waals surface area contributed by atoms with Crippen molar-refractivity contribution in [3.8, 4) is 5.75 Å². The number of amides is 2. The molecule has 0 bridgehead atoms. The van der Waals surface area contributed by atoms with Crippen LogP contribution in [-0.2, 0) is 26.0 Å². The minimum absolute atomic E-state index is 0.000752. The molecule has 0 heterocycles. The highest BCUT2D eigenvalue weighted by atomic mass is 35.5. The van der Waals surface area contributed by atoms with Gasteiger partial charge in [-0.15, -0.1) is 0 Å². The lowest BCUT2D eigenvalue weighted by atomic mass is 10.1. The Hall–Kier alpha value is -3.56. The Morgan fingerprint density at radius 3 is 2.15 bits per heavy atom. The first-order chi connectivity index (χ1) is 18.8. The average Bonchev–Trinajstić information content (AvgIpc) is 2.91. The normalized spacial score (nSPS) is 12.3. The Morgan fingerprint density at radius 1 is 0.975 bits per heavy atom. The maximum atomic E-state index is 14.0. The Balaban J connectivity index is 2.04. The van der Waals surface area contributed by atoms with E-state index in [-0.39, 0.29) is 33.8 Å². The number of anilines is 1.